The summed E-state index contributed by atoms with van der Waals surface area (Å²) in [7, 11) is 0. The molecule has 1 aromatic heterocycles. The number of morpholine rings is 1. The maximum Gasteiger partial charge on any atom is 0.247 e. The Bertz CT molecular complexity index is 691. The first-order chi connectivity index (χ1) is 11.4. The van der Waals surface area contributed by atoms with Crippen molar-refractivity contribution in [1.82, 2.24) is 15.2 Å². The SMILES string of the molecule is c1cc2c(cc1Nc1cnnc(N3CCOCC3)n1)OCCO2. The quantitative estimate of drug-likeness (QED) is 0.905. The van der Waals surface area contributed by atoms with Gasteiger partial charge in [-0.2, -0.15) is 10.1 Å². The summed E-state index contributed by atoms with van der Waals surface area (Å²) < 4.78 is 16.4. The molecule has 0 bridgehead atoms. The van der Waals surface area contributed by atoms with Crippen molar-refractivity contribution in [1.29, 1.82) is 0 Å². The Labute approximate surface area is 133 Å². The van der Waals surface area contributed by atoms with E-state index in [1.807, 2.05) is 18.2 Å². The zero-order valence-electron chi connectivity index (χ0n) is 12.6. The molecule has 3 heterocycles. The first-order valence-corrected chi connectivity index (χ1v) is 7.57. The van der Waals surface area contributed by atoms with Crippen LogP contribution in [-0.2, 0) is 4.74 Å². The molecule has 0 saturated carbocycles. The predicted octanol–water partition coefficient (Wildman–Crippen LogP) is 1.22. The van der Waals surface area contributed by atoms with Crippen molar-refractivity contribution in [3.05, 3.63) is 24.4 Å². The predicted molar refractivity (Wildman–Crippen MR) is 83.6 cm³/mol. The molecule has 1 saturated heterocycles. The molecule has 4 rings (SSSR count). The van der Waals surface area contributed by atoms with Gasteiger partial charge in [-0.05, 0) is 12.1 Å². The fourth-order valence-corrected chi connectivity index (χ4v) is 2.52. The summed E-state index contributed by atoms with van der Waals surface area (Å²) >= 11 is 0. The Hall–Kier alpha value is -2.61. The number of nitrogens with zero attached hydrogens (tertiary/aromatic N) is 4. The van der Waals surface area contributed by atoms with Crippen molar-refractivity contribution < 1.29 is 14.2 Å². The van der Waals surface area contributed by atoms with Gasteiger partial charge in [-0.1, -0.05) is 0 Å². The third-order valence-corrected chi connectivity index (χ3v) is 3.66. The van der Waals surface area contributed by atoms with Gasteiger partial charge in [-0.15, -0.1) is 5.10 Å². The summed E-state index contributed by atoms with van der Waals surface area (Å²) in [5.74, 6) is 2.74. The topological polar surface area (TPSA) is 81.6 Å². The second kappa shape index (κ2) is 6.25. The molecule has 2 aliphatic heterocycles. The van der Waals surface area contributed by atoms with Crippen LogP contribution >= 0.6 is 0 Å². The van der Waals surface area contributed by atoms with E-state index in [9.17, 15) is 0 Å². The molecular formula is C15H17N5O3. The van der Waals surface area contributed by atoms with Gasteiger partial charge in [0, 0.05) is 24.8 Å². The zero-order valence-corrected chi connectivity index (χ0v) is 12.6. The molecule has 1 N–H and O–H groups in total. The summed E-state index contributed by atoms with van der Waals surface area (Å²) in [6, 6.07) is 5.70. The summed E-state index contributed by atoms with van der Waals surface area (Å²) in [5.41, 5.74) is 0.864. The Morgan fingerprint density at radius 1 is 1.00 bits per heavy atom. The van der Waals surface area contributed by atoms with Crippen molar-refractivity contribution in [3.63, 3.8) is 0 Å². The molecule has 8 nitrogen and oxygen atoms in total. The van der Waals surface area contributed by atoms with Crippen LogP contribution < -0.4 is 19.7 Å². The van der Waals surface area contributed by atoms with Crippen molar-refractivity contribution in [2.75, 3.05) is 49.7 Å². The average Bonchev–Trinajstić information content (AvgIpc) is 2.63. The lowest BCUT2D eigenvalue weighted by atomic mass is 10.2. The van der Waals surface area contributed by atoms with Crippen molar-refractivity contribution >= 4 is 17.5 Å². The van der Waals surface area contributed by atoms with Gasteiger partial charge in [-0.3, -0.25) is 0 Å². The minimum absolute atomic E-state index is 0.562. The number of rotatable bonds is 3. The number of benzene rings is 1. The summed E-state index contributed by atoms with van der Waals surface area (Å²) in [6.07, 6.45) is 1.60. The van der Waals surface area contributed by atoms with Gasteiger partial charge in [0.1, 0.15) is 13.2 Å². The number of hydrogen-bond donors (Lipinski definition) is 1. The van der Waals surface area contributed by atoms with E-state index >= 15 is 0 Å². The number of aromatic nitrogens is 3. The fourth-order valence-electron chi connectivity index (χ4n) is 2.52. The lowest BCUT2D eigenvalue weighted by molar-refractivity contribution is 0.122. The van der Waals surface area contributed by atoms with Gasteiger partial charge in [0.05, 0.1) is 19.4 Å². The number of ether oxygens (including phenoxy) is 3. The highest BCUT2D eigenvalue weighted by atomic mass is 16.6. The third-order valence-electron chi connectivity index (χ3n) is 3.66. The first-order valence-electron chi connectivity index (χ1n) is 7.57. The molecule has 2 aromatic rings. The maximum absolute atomic E-state index is 5.59. The van der Waals surface area contributed by atoms with Gasteiger partial charge >= 0.3 is 0 Å². The molecule has 0 atom stereocenters. The fraction of sp³-hybridized carbons (Fsp3) is 0.400. The van der Waals surface area contributed by atoms with E-state index < -0.39 is 0 Å². The van der Waals surface area contributed by atoms with Crippen LogP contribution in [0.1, 0.15) is 0 Å². The number of fused-ring (bicyclic) bond motifs is 1. The summed E-state index contributed by atoms with van der Waals surface area (Å²) in [6.45, 7) is 4.06. The third kappa shape index (κ3) is 3.11. The van der Waals surface area contributed by atoms with Gasteiger partial charge in [-0.25, -0.2) is 0 Å². The summed E-state index contributed by atoms with van der Waals surface area (Å²) in [5, 5.41) is 11.4. The number of hydrogen-bond acceptors (Lipinski definition) is 8. The highest BCUT2D eigenvalue weighted by molar-refractivity contribution is 5.61. The van der Waals surface area contributed by atoms with E-state index in [0.29, 0.717) is 38.2 Å². The number of nitrogens with one attached hydrogen (secondary N) is 1. The average molecular weight is 315 g/mol. The minimum atomic E-state index is 0.562. The van der Waals surface area contributed by atoms with Gasteiger partial charge in [0.25, 0.3) is 0 Å². The molecule has 0 unspecified atom stereocenters. The molecule has 1 fully saturated rings. The Balaban J connectivity index is 1.52. The zero-order chi connectivity index (χ0) is 15.5. The Kier molecular flexibility index (Phi) is 3.81. The van der Waals surface area contributed by atoms with Crippen molar-refractivity contribution in [3.8, 4) is 11.5 Å². The van der Waals surface area contributed by atoms with Crippen LogP contribution in [0.4, 0.5) is 17.5 Å². The van der Waals surface area contributed by atoms with Gasteiger partial charge in [0.15, 0.2) is 17.3 Å². The molecule has 0 spiro atoms. The standard InChI is InChI=1S/C15H17N5O3/c1-2-12-13(23-8-7-22-12)9-11(1)17-14-10-16-19-15(18-14)20-3-5-21-6-4-20/h1-2,9-10H,3-8H2,(H,17,18,19). The van der Waals surface area contributed by atoms with Crippen LogP contribution in [0, 0.1) is 0 Å². The first kappa shape index (κ1) is 14.0. The monoisotopic (exact) mass is 315 g/mol. The molecule has 0 aliphatic carbocycles. The molecular weight excluding hydrogens is 298 g/mol. The van der Waals surface area contributed by atoms with E-state index in [4.69, 9.17) is 14.2 Å². The highest BCUT2D eigenvalue weighted by Gasteiger charge is 2.15. The van der Waals surface area contributed by atoms with Crippen LogP contribution in [0.25, 0.3) is 0 Å². The van der Waals surface area contributed by atoms with E-state index in [2.05, 4.69) is 25.4 Å². The van der Waals surface area contributed by atoms with Crippen LogP contribution in [0.5, 0.6) is 11.5 Å². The van der Waals surface area contributed by atoms with Crippen molar-refractivity contribution in [2.45, 2.75) is 0 Å². The normalized spacial score (nSPS) is 17.0. The molecule has 1 aromatic carbocycles. The van der Waals surface area contributed by atoms with E-state index in [-0.39, 0.29) is 0 Å². The maximum atomic E-state index is 5.59. The van der Waals surface area contributed by atoms with E-state index in [0.717, 1.165) is 30.3 Å². The second-order valence-electron chi connectivity index (χ2n) is 5.22. The van der Waals surface area contributed by atoms with Crippen LogP contribution in [0.3, 0.4) is 0 Å². The van der Waals surface area contributed by atoms with Crippen LogP contribution in [0.15, 0.2) is 24.4 Å². The lowest BCUT2D eigenvalue weighted by Gasteiger charge is -2.26. The molecule has 8 heteroatoms. The van der Waals surface area contributed by atoms with Crippen LogP contribution in [-0.4, -0.2) is 54.7 Å². The largest absolute Gasteiger partial charge is 0.486 e. The molecule has 23 heavy (non-hydrogen) atoms. The molecule has 120 valence electrons. The summed E-state index contributed by atoms with van der Waals surface area (Å²) in [4.78, 5) is 6.58. The van der Waals surface area contributed by atoms with Crippen molar-refractivity contribution in [2.24, 2.45) is 0 Å². The Morgan fingerprint density at radius 2 is 1.83 bits per heavy atom. The molecule has 0 radical (unpaired) electrons. The van der Waals surface area contributed by atoms with Gasteiger partial charge < -0.3 is 24.4 Å². The smallest absolute Gasteiger partial charge is 0.247 e. The minimum Gasteiger partial charge on any atom is -0.486 e. The molecule has 0 amide bonds. The lowest BCUT2D eigenvalue weighted by Crippen LogP contribution is -2.37. The van der Waals surface area contributed by atoms with Crippen LogP contribution in [0.2, 0.25) is 0 Å². The molecule has 2 aliphatic rings. The van der Waals surface area contributed by atoms with E-state index in [1.165, 1.54) is 0 Å². The Morgan fingerprint density at radius 3 is 2.70 bits per heavy atom. The van der Waals surface area contributed by atoms with E-state index in [1.54, 1.807) is 6.20 Å². The second-order valence-corrected chi connectivity index (χ2v) is 5.22. The number of anilines is 3. The van der Waals surface area contributed by atoms with Gasteiger partial charge in [0.2, 0.25) is 5.95 Å². The highest BCUT2D eigenvalue weighted by Crippen LogP contribution is 2.33.